The molecule has 5 nitrogen and oxygen atoms in total. The molecule has 0 aliphatic carbocycles. The summed E-state index contributed by atoms with van der Waals surface area (Å²) in [7, 11) is 1.52. The molecule has 0 spiro atoms. The van der Waals surface area contributed by atoms with Crippen LogP contribution in [-0.2, 0) is 16.0 Å². The minimum atomic E-state index is -0.228. The van der Waals surface area contributed by atoms with Crippen molar-refractivity contribution in [3.8, 4) is 5.75 Å². The van der Waals surface area contributed by atoms with Crippen molar-refractivity contribution in [3.05, 3.63) is 52.5 Å². The normalized spacial score (nSPS) is 13.1. The molecule has 0 N–H and O–H groups in total. The zero-order valence-corrected chi connectivity index (χ0v) is 16.5. The van der Waals surface area contributed by atoms with Gasteiger partial charge in [0.2, 0.25) is 11.8 Å². The van der Waals surface area contributed by atoms with Gasteiger partial charge in [0, 0.05) is 30.2 Å². The number of carbonyl (C=O) groups is 2. The van der Waals surface area contributed by atoms with Crippen LogP contribution in [0, 0.1) is 6.92 Å². The van der Waals surface area contributed by atoms with Crippen LogP contribution in [0.2, 0.25) is 5.02 Å². The number of amides is 2. The van der Waals surface area contributed by atoms with Crippen LogP contribution in [0.5, 0.6) is 5.75 Å². The molecular weight excluding hydrogens is 364 g/mol. The highest BCUT2D eigenvalue weighted by Crippen LogP contribution is 2.34. The third kappa shape index (κ3) is 3.93. The van der Waals surface area contributed by atoms with Crippen LogP contribution < -0.4 is 14.5 Å². The largest absolute Gasteiger partial charge is 0.495 e. The van der Waals surface area contributed by atoms with Gasteiger partial charge >= 0.3 is 0 Å². The number of aryl methyl sites for hydroxylation is 2. The number of hydrogen-bond donors (Lipinski definition) is 0. The zero-order chi connectivity index (χ0) is 19.6. The lowest BCUT2D eigenvalue weighted by atomic mass is 10.0. The van der Waals surface area contributed by atoms with Crippen molar-refractivity contribution in [2.24, 2.45) is 0 Å². The number of benzene rings is 2. The van der Waals surface area contributed by atoms with Gasteiger partial charge in [-0.15, -0.1) is 0 Å². The van der Waals surface area contributed by atoms with Crippen LogP contribution in [0.3, 0.4) is 0 Å². The van der Waals surface area contributed by atoms with E-state index in [1.807, 2.05) is 31.2 Å². The summed E-state index contributed by atoms with van der Waals surface area (Å²) in [5.41, 5.74) is 3.45. The van der Waals surface area contributed by atoms with Crippen molar-refractivity contribution >= 4 is 34.8 Å². The number of hydrogen-bond acceptors (Lipinski definition) is 3. The van der Waals surface area contributed by atoms with Gasteiger partial charge in [0.05, 0.1) is 12.8 Å². The molecule has 3 rings (SSSR count). The van der Waals surface area contributed by atoms with E-state index in [-0.39, 0.29) is 18.4 Å². The Hall–Kier alpha value is -2.53. The van der Waals surface area contributed by atoms with Crippen LogP contribution >= 0.6 is 11.6 Å². The molecule has 1 aliphatic rings. The second kappa shape index (κ2) is 8.01. The predicted octanol–water partition coefficient (Wildman–Crippen LogP) is 3.99. The van der Waals surface area contributed by atoms with Gasteiger partial charge in [0.25, 0.3) is 0 Å². The van der Waals surface area contributed by atoms with E-state index in [0.29, 0.717) is 23.0 Å². The molecule has 0 bridgehead atoms. The van der Waals surface area contributed by atoms with Gasteiger partial charge < -0.3 is 9.64 Å². The average Bonchev–Trinajstić information content (AvgIpc) is 2.67. The highest BCUT2D eigenvalue weighted by atomic mass is 35.5. The van der Waals surface area contributed by atoms with E-state index in [1.54, 1.807) is 17.0 Å². The molecule has 2 aromatic rings. The topological polar surface area (TPSA) is 49.9 Å². The van der Waals surface area contributed by atoms with Gasteiger partial charge in [-0.1, -0.05) is 29.8 Å². The van der Waals surface area contributed by atoms with Crippen molar-refractivity contribution in [2.75, 3.05) is 30.0 Å². The molecule has 142 valence electrons. The van der Waals surface area contributed by atoms with Gasteiger partial charge in [-0.3, -0.25) is 14.5 Å². The molecular formula is C21H23ClN2O3. The summed E-state index contributed by atoms with van der Waals surface area (Å²) < 4.78 is 5.39. The Morgan fingerprint density at radius 1 is 1.26 bits per heavy atom. The molecule has 1 heterocycles. The number of para-hydroxylation sites is 1. The Labute approximate surface area is 164 Å². The molecule has 27 heavy (non-hydrogen) atoms. The molecule has 1 aliphatic heterocycles. The number of ether oxygens (including phenoxy) is 1. The van der Waals surface area contributed by atoms with Crippen LogP contribution in [-0.4, -0.2) is 32.0 Å². The van der Waals surface area contributed by atoms with E-state index in [2.05, 4.69) is 0 Å². The Morgan fingerprint density at radius 3 is 2.70 bits per heavy atom. The first-order valence-electron chi connectivity index (χ1n) is 8.93. The fraction of sp³-hybridized carbons (Fsp3) is 0.333. The fourth-order valence-corrected chi connectivity index (χ4v) is 3.56. The Morgan fingerprint density at radius 2 is 2.00 bits per heavy atom. The van der Waals surface area contributed by atoms with E-state index < -0.39 is 0 Å². The lowest BCUT2D eigenvalue weighted by Crippen LogP contribution is -2.44. The van der Waals surface area contributed by atoms with Crippen LogP contribution in [0.15, 0.2) is 36.4 Å². The van der Waals surface area contributed by atoms with Crippen LogP contribution in [0.1, 0.15) is 24.5 Å². The maximum atomic E-state index is 13.1. The number of anilines is 2. The van der Waals surface area contributed by atoms with Gasteiger partial charge in [-0.05, 0) is 43.0 Å². The number of rotatable bonds is 4. The van der Waals surface area contributed by atoms with Crippen molar-refractivity contribution in [1.82, 2.24) is 0 Å². The Kier molecular flexibility index (Phi) is 5.71. The van der Waals surface area contributed by atoms with Crippen molar-refractivity contribution in [1.29, 1.82) is 0 Å². The lowest BCUT2D eigenvalue weighted by Gasteiger charge is -2.32. The first-order valence-corrected chi connectivity index (χ1v) is 9.30. The first-order chi connectivity index (χ1) is 12.9. The van der Waals surface area contributed by atoms with Gasteiger partial charge in [-0.25, -0.2) is 0 Å². The maximum Gasteiger partial charge on any atom is 0.247 e. The minimum absolute atomic E-state index is 0.0545. The molecule has 0 aromatic heterocycles. The standard InChI is InChI=1S/C21H23ClN2O3/c1-14-11-19(20(27-3)12-17(14)22)24(15(2)25)13-21(26)23-10-6-8-16-7-4-5-9-18(16)23/h4-5,7,9,11-12H,6,8,10,13H2,1-3H3. The number of methoxy groups -OCH3 is 1. The molecule has 2 amide bonds. The van der Waals surface area contributed by atoms with E-state index in [1.165, 1.54) is 18.9 Å². The molecule has 0 radical (unpaired) electrons. The Bertz CT molecular complexity index is 882. The first kappa shape index (κ1) is 19.2. The highest BCUT2D eigenvalue weighted by Gasteiger charge is 2.27. The van der Waals surface area contributed by atoms with E-state index in [0.717, 1.165) is 29.7 Å². The van der Waals surface area contributed by atoms with Crippen molar-refractivity contribution < 1.29 is 14.3 Å². The summed E-state index contributed by atoms with van der Waals surface area (Å²) in [6.07, 6.45) is 1.87. The van der Waals surface area contributed by atoms with Gasteiger partial charge in [0.15, 0.2) is 0 Å². The summed E-state index contributed by atoms with van der Waals surface area (Å²) in [5, 5.41) is 0.551. The monoisotopic (exact) mass is 386 g/mol. The summed E-state index contributed by atoms with van der Waals surface area (Å²) in [6.45, 7) is 3.90. The van der Waals surface area contributed by atoms with Crippen molar-refractivity contribution in [3.63, 3.8) is 0 Å². The highest BCUT2D eigenvalue weighted by molar-refractivity contribution is 6.31. The van der Waals surface area contributed by atoms with Crippen LogP contribution in [0.25, 0.3) is 0 Å². The molecule has 0 fully saturated rings. The maximum absolute atomic E-state index is 13.1. The van der Waals surface area contributed by atoms with E-state index >= 15 is 0 Å². The third-order valence-electron chi connectivity index (χ3n) is 4.84. The van der Waals surface area contributed by atoms with Gasteiger partial charge in [0.1, 0.15) is 12.3 Å². The molecule has 0 unspecified atom stereocenters. The number of fused-ring (bicyclic) bond motifs is 1. The molecule has 0 saturated heterocycles. The zero-order valence-electron chi connectivity index (χ0n) is 15.8. The lowest BCUT2D eigenvalue weighted by molar-refractivity contribution is -0.121. The third-order valence-corrected chi connectivity index (χ3v) is 5.24. The Balaban J connectivity index is 1.92. The molecule has 0 saturated carbocycles. The summed E-state index contributed by atoms with van der Waals surface area (Å²) in [4.78, 5) is 28.6. The fourth-order valence-electron chi connectivity index (χ4n) is 3.40. The predicted molar refractivity (Wildman–Crippen MR) is 108 cm³/mol. The summed E-state index contributed by atoms with van der Waals surface area (Å²) in [6, 6.07) is 11.4. The summed E-state index contributed by atoms with van der Waals surface area (Å²) >= 11 is 6.17. The quantitative estimate of drug-likeness (QED) is 0.798. The second-order valence-electron chi connectivity index (χ2n) is 6.66. The molecule has 2 aromatic carbocycles. The minimum Gasteiger partial charge on any atom is -0.495 e. The van der Waals surface area contributed by atoms with E-state index in [9.17, 15) is 9.59 Å². The number of nitrogens with zero attached hydrogens (tertiary/aromatic N) is 2. The SMILES string of the molecule is COc1cc(Cl)c(C)cc1N(CC(=O)N1CCCc2ccccc21)C(C)=O. The molecule has 0 atom stereocenters. The van der Waals surface area contributed by atoms with Crippen LogP contribution in [0.4, 0.5) is 11.4 Å². The smallest absolute Gasteiger partial charge is 0.247 e. The average molecular weight is 387 g/mol. The number of carbonyl (C=O) groups excluding carboxylic acids is 2. The van der Waals surface area contributed by atoms with E-state index in [4.69, 9.17) is 16.3 Å². The molecule has 6 heteroatoms. The second-order valence-corrected chi connectivity index (χ2v) is 7.06. The van der Waals surface area contributed by atoms with Gasteiger partial charge in [-0.2, -0.15) is 0 Å². The summed E-state index contributed by atoms with van der Waals surface area (Å²) in [5.74, 6) is 0.119. The number of halogens is 1. The van der Waals surface area contributed by atoms with Crippen molar-refractivity contribution in [2.45, 2.75) is 26.7 Å².